The summed E-state index contributed by atoms with van der Waals surface area (Å²) in [5, 5.41) is 4.17. The molecule has 0 aliphatic rings. The molecule has 0 bridgehead atoms. The van der Waals surface area contributed by atoms with Gasteiger partial charge in [-0.15, -0.1) is 5.10 Å². The van der Waals surface area contributed by atoms with Gasteiger partial charge in [0.05, 0.1) is 0 Å². The second kappa shape index (κ2) is 3.77. The van der Waals surface area contributed by atoms with E-state index in [0.29, 0.717) is 5.88 Å². The lowest BCUT2D eigenvalue weighted by molar-refractivity contribution is 0.450. The fourth-order valence-electron chi connectivity index (χ4n) is 1.40. The number of nitrogens with zero attached hydrogens (tertiary/aromatic N) is 2. The summed E-state index contributed by atoms with van der Waals surface area (Å²) in [6.45, 7) is 4.12. The number of aryl methyl sites for hydroxylation is 2. The van der Waals surface area contributed by atoms with Crippen LogP contribution in [0.5, 0.6) is 11.6 Å². The van der Waals surface area contributed by atoms with E-state index in [1.807, 2.05) is 38.4 Å². The van der Waals surface area contributed by atoms with Crippen molar-refractivity contribution in [3.05, 3.63) is 41.6 Å². The fraction of sp³-hybridized carbons (Fsp3) is 0.250. The Hall–Kier alpha value is -1.77. The molecule has 15 heavy (non-hydrogen) atoms. The normalized spacial score (nSPS) is 10.3. The van der Waals surface area contributed by atoms with Crippen LogP contribution in [-0.2, 0) is 7.05 Å². The molecule has 0 saturated heterocycles. The Labute approximate surface area is 89.3 Å². The van der Waals surface area contributed by atoms with Gasteiger partial charge in [0.15, 0.2) is 0 Å². The lowest BCUT2D eigenvalue weighted by Crippen LogP contribution is -1.92. The van der Waals surface area contributed by atoms with Crippen LogP contribution in [0.25, 0.3) is 0 Å². The van der Waals surface area contributed by atoms with Crippen LogP contribution in [0, 0.1) is 13.8 Å². The first kappa shape index (κ1) is 9.77. The molecule has 0 fully saturated rings. The molecular weight excluding hydrogens is 188 g/mol. The number of aromatic nitrogens is 2. The van der Waals surface area contributed by atoms with Crippen molar-refractivity contribution in [1.82, 2.24) is 9.78 Å². The van der Waals surface area contributed by atoms with Crippen molar-refractivity contribution in [3.8, 4) is 11.6 Å². The van der Waals surface area contributed by atoms with Crippen LogP contribution in [0.15, 0.2) is 30.5 Å². The predicted molar refractivity (Wildman–Crippen MR) is 59.2 cm³/mol. The smallest absolute Gasteiger partial charge is 0.238 e. The zero-order valence-corrected chi connectivity index (χ0v) is 9.19. The van der Waals surface area contributed by atoms with E-state index in [1.165, 1.54) is 5.56 Å². The molecular formula is C12H14N2O. The maximum Gasteiger partial charge on any atom is 0.238 e. The Morgan fingerprint density at radius 3 is 2.67 bits per heavy atom. The van der Waals surface area contributed by atoms with Gasteiger partial charge >= 0.3 is 0 Å². The lowest BCUT2D eigenvalue weighted by atomic mass is 10.1. The van der Waals surface area contributed by atoms with E-state index < -0.39 is 0 Å². The molecule has 3 heteroatoms. The highest BCUT2D eigenvalue weighted by molar-refractivity contribution is 5.40. The first-order valence-electron chi connectivity index (χ1n) is 4.90. The number of hydrogen-bond acceptors (Lipinski definition) is 2. The summed E-state index contributed by atoms with van der Waals surface area (Å²) in [4.78, 5) is 0. The minimum absolute atomic E-state index is 0.631. The van der Waals surface area contributed by atoms with E-state index >= 15 is 0 Å². The van der Waals surface area contributed by atoms with Crippen molar-refractivity contribution in [3.63, 3.8) is 0 Å². The summed E-state index contributed by atoms with van der Waals surface area (Å²) in [6, 6.07) is 7.86. The topological polar surface area (TPSA) is 27.1 Å². The van der Waals surface area contributed by atoms with Crippen LogP contribution in [-0.4, -0.2) is 9.78 Å². The summed E-state index contributed by atoms with van der Waals surface area (Å²) in [6.07, 6.45) is 1.86. The molecule has 0 N–H and O–H groups in total. The predicted octanol–water partition coefficient (Wildman–Crippen LogP) is 2.83. The molecule has 2 rings (SSSR count). The Morgan fingerprint density at radius 1 is 1.20 bits per heavy atom. The van der Waals surface area contributed by atoms with Gasteiger partial charge in [-0.2, -0.15) is 0 Å². The molecule has 0 spiro atoms. The molecule has 2 aromatic rings. The molecule has 0 radical (unpaired) electrons. The molecule has 1 aromatic heterocycles. The van der Waals surface area contributed by atoms with Gasteiger partial charge in [0, 0.05) is 19.3 Å². The summed E-state index contributed by atoms with van der Waals surface area (Å²) >= 11 is 0. The Balaban J connectivity index is 2.28. The van der Waals surface area contributed by atoms with Gasteiger partial charge in [-0.25, -0.2) is 0 Å². The van der Waals surface area contributed by atoms with E-state index in [1.54, 1.807) is 4.68 Å². The summed E-state index contributed by atoms with van der Waals surface area (Å²) in [7, 11) is 1.87. The molecule has 0 saturated carbocycles. The molecule has 78 valence electrons. The first-order valence-corrected chi connectivity index (χ1v) is 4.90. The van der Waals surface area contributed by atoms with Gasteiger partial charge in [-0.05, 0) is 31.0 Å². The van der Waals surface area contributed by atoms with Crippen LogP contribution in [0.2, 0.25) is 0 Å². The number of hydrogen-bond donors (Lipinski definition) is 0. The summed E-state index contributed by atoms with van der Waals surface area (Å²) < 4.78 is 7.40. The zero-order chi connectivity index (χ0) is 10.8. The number of rotatable bonds is 2. The van der Waals surface area contributed by atoms with Crippen molar-refractivity contribution in [2.75, 3.05) is 0 Å². The minimum Gasteiger partial charge on any atom is -0.437 e. The van der Waals surface area contributed by atoms with E-state index in [2.05, 4.69) is 18.1 Å². The Morgan fingerprint density at radius 2 is 2.00 bits per heavy atom. The van der Waals surface area contributed by atoms with E-state index in [-0.39, 0.29) is 0 Å². The minimum atomic E-state index is 0.631. The SMILES string of the molecule is Cc1cccc(Oc2ccn(C)n2)c1C. The molecule has 0 amide bonds. The fourth-order valence-corrected chi connectivity index (χ4v) is 1.40. The maximum atomic E-state index is 5.68. The third-order valence-corrected chi connectivity index (χ3v) is 2.46. The average Bonchev–Trinajstić information content (AvgIpc) is 2.59. The Kier molecular flexibility index (Phi) is 2.46. The molecule has 1 aromatic carbocycles. The van der Waals surface area contributed by atoms with Gasteiger partial charge in [0.25, 0.3) is 0 Å². The molecule has 3 nitrogen and oxygen atoms in total. The second-order valence-electron chi connectivity index (χ2n) is 3.63. The Bertz CT molecular complexity index is 474. The van der Waals surface area contributed by atoms with Gasteiger partial charge in [-0.3, -0.25) is 4.68 Å². The lowest BCUT2D eigenvalue weighted by Gasteiger charge is -2.07. The highest BCUT2D eigenvalue weighted by Crippen LogP contribution is 2.25. The monoisotopic (exact) mass is 202 g/mol. The van der Waals surface area contributed by atoms with Gasteiger partial charge in [0.2, 0.25) is 5.88 Å². The quantitative estimate of drug-likeness (QED) is 0.748. The third kappa shape index (κ3) is 2.01. The van der Waals surface area contributed by atoms with Crippen LogP contribution < -0.4 is 4.74 Å². The number of ether oxygens (including phenoxy) is 1. The summed E-state index contributed by atoms with van der Waals surface area (Å²) in [5.41, 5.74) is 2.38. The standard InChI is InChI=1S/C12H14N2O/c1-9-5-4-6-11(10(9)2)15-12-7-8-14(3)13-12/h4-8H,1-3H3. The number of benzene rings is 1. The highest BCUT2D eigenvalue weighted by atomic mass is 16.5. The van der Waals surface area contributed by atoms with Crippen molar-refractivity contribution in [1.29, 1.82) is 0 Å². The summed E-state index contributed by atoms with van der Waals surface area (Å²) in [5.74, 6) is 1.50. The van der Waals surface area contributed by atoms with Crippen molar-refractivity contribution in [2.24, 2.45) is 7.05 Å². The van der Waals surface area contributed by atoms with Crippen LogP contribution in [0.3, 0.4) is 0 Å². The second-order valence-corrected chi connectivity index (χ2v) is 3.63. The molecule has 1 heterocycles. The molecule has 0 atom stereocenters. The highest BCUT2D eigenvalue weighted by Gasteiger charge is 2.04. The largest absolute Gasteiger partial charge is 0.437 e. The average molecular weight is 202 g/mol. The van der Waals surface area contributed by atoms with Crippen LogP contribution in [0.4, 0.5) is 0 Å². The van der Waals surface area contributed by atoms with Crippen molar-refractivity contribution in [2.45, 2.75) is 13.8 Å². The van der Waals surface area contributed by atoms with Gasteiger partial charge in [-0.1, -0.05) is 12.1 Å². The van der Waals surface area contributed by atoms with E-state index in [9.17, 15) is 0 Å². The van der Waals surface area contributed by atoms with Gasteiger partial charge in [0.1, 0.15) is 5.75 Å². The van der Waals surface area contributed by atoms with Crippen LogP contribution >= 0.6 is 0 Å². The van der Waals surface area contributed by atoms with Gasteiger partial charge < -0.3 is 4.74 Å². The molecule has 0 unspecified atom stereocenters. The zero-order valence-electron chi connectivity index (χ0n) is 9.19. The third-order valence-electron chi connectivity index (χ3n) is 2.46. The maximum absolute atomic E-state index is 5.68. The van der Waals surface area contributed by atoms with Crippen molar-refractivity contribution < 1.29 is 4.74 Å². The van der Waals surface area contributed by atoms with E-state index in [0.717, 1.165) is 11.3 Å². The van der Waals surface area contributed by atoms with E-state index in [4.69, 9.17) is 4.74 Å². The van der Waals surface area contributed by atoms with Crippen LogP contribution in [0.1, 0.15) is 11.1 Å². The van der Waals surface area contributed by atoms with Crippen molar-refractivity contribution >= 4 is 0 Å². The first-order chi connectivity index (χ1) is 7.16. The molecule has 0 aliphatic carbocycles. The molecule has 0 aliphatic heterocycles.